The summed E-state index contributed by atoms with van der Waals surface area (Å²) in [5.41, 5.74) is 2.54. The number of hydrogen-bond donors (Lipinski definition) is 1. The molecule has 0 saturated heterocycles. The number of benzene rings is 2. The van der Waals surface area contributed by atoms with Gasteiger partial charge in [-0.2, -0.15) is 0 Å². The summed E-state index contributed by atoms with van der Waals surface area (Å²) < 4.78 is 18.4. The minimum atomic E-state index is -0.674. The van der Waals surface area contributed by atoms with Gasteiger partial charge in [0.15, 0.2) is 0 Å². The molecule has 0 bridgehead atoms. The van der Waals surface area contributed by atoms with Crippen LogP contribution in [0.25, 0.3) is 0 Å². The lowest BCUT2D eigenvalue weighted by Crippen LogP contribution is -2.02. The maximum absolute atomic E-state index is 13.3. The van der Waals surface area contributed by atoms with Gasteiger partial charge in [0.25, 0.3) is 0 Å². The fourth-order valence-corrected chi connectivity index (χ4v) is 2.13. The monoisotopic (exact) mass is 294 g/mol. The van der Waals surface area contributed by atoms with Gasteiger partial charge < -0.3 is 9.84 Å². The zero-order valence-corrected chi connectivity index (χ0v) is 11.9. The van der Waals surface area contributed by atoms with E-state index in [0.29, 0.717) is 18.6 Å². The predicted octanol–water partition coefficient (Wildman–Crippen LogP) is 3.90. The van der Waals surface area contributed by atoms with Crippen molar-refractivity contribution in [2.24, 2.45) is 0 Å². The topological polar surface area (TPSA) is 29.5 Å². The fraction of sp³-hybridized carbons (Fsp3) is 0.250. The highest BCUT2D eigenvalue weighted by molar-refractivity contribution is 6.30. The smallest absolute Gasteiger partial charge is 0.142 e. The predicted molar refractivity (Wildman–Crippen MR) is 77.2 cm³/mol. The molecule has 2 nitrogen and oxygen atoms in total. The lowest BCUT2D eigenvalue weighted by molar-refractivity contribution is 0.177. The number of aliphatic hydroxyl groups is 1. The first kappa shape index (κ1) is 15.0. The molecule has 0 aliphatic carbocycles. The zero-order chi connectivity index (χ0) is 14.5. The molecule has 2 rings (SSSR count). The summed E-state index contributed by atoms with van der Waals surface area (Å²) in [6.07, 6.45) is -0.329. The average molecular weight is 295 g/mol. The van der Waals surface area contributed by atoms with E-state index in [0.717, 1.165) is 11.1 Å². The van der Waals surface area contributed by atoms with Crippen LogP contribution >= 0.6 is 11.6 Å². The number of ether oxygens (including phenoxy) is 1. The Morgan fingerprint density at radius 2 is 1.80 bits per heavy atom. The van der Waals surface area contributed by atoms with E-state index >= 15 is 0 Å². The van der Waals surface area contributed by atoms with Crippen LogP contribution in [-0.4, -0.2) is 12.2 Å². The maximum Gasteiger partial charge on any atom is 0.142 e. The van der Waals surface area contributed by atoms with Crippen molar-refractivity contribution in [1.82, 2.24) is 0 Å². The summed E-state index contributed by atoms with van der Waals surface area (Å²) in [5, 5.41) is 10.3. The first-order valence-electron chi connectivity index (χ1n) is 6.30. The van der Waals surface area contributed by atoms with Crippen LogP contribution in [-0.2, 0) is 17.8 Å². The van der Waals surface area contributed by atoms with E-state index in [1.165, 1.54) is 12.1 Å². The summed E-state index contributed by atoms with van der Waals surface area (Å²) in [6.45, 7) is 0.540. The Morgan fingerprint density at radius 1 is 1.15 bits per heavy atom. The van der Waals surface area contributed by atoms with E-state index in [2.05, 4.69) is 0 Å². The van der Waals surface area contributed by atoms with Crippen molar-refractivity contribution in [1.29, 1.82) is 0 Å². The first-order valence-corrected chi connectivity index (χ1v) is 6.67. The molecule has 0 fully saturated rings. The van der Waals surface area contributed by atoms with Crippen LogP contribution in [0.4, 0.5) is 4.39 Å². The zero-order valence-electron chi connectivity index (χ0n) is 11.1. The molecule has 20 heavy (non-hydrogen) atoms. The van der Waals surface area contributed by atoms with Crippen LogP contribution in [0.15, 0.2) is 42.5 Å². The van der Waals surface area contributed by atoms with Crippen molar-refractivity contribution in [3.05, 3.63) is 70.0 Å². The van der Waals surface area contributed by atoms with E-state index < -0.39 is 11.9 Å². The van der Waals surface area contributed by atoms with Gasteiger partial charge in [-0.05, 0) is 28.8 Å². The molecule has 4 heteroatoms. The van der Waals surface area contributed by atoms with E-state index in [9.17, 15) is 9.50 Å². The largest absolute Gasteiger partial charge is 0.388 e. The van der Waals surface area contributed by atoms with Crippen LogP contribution in [0.2, 0.25) is 5.02 Å². The molecular weight excluding hydrogens is 279 g/mol. The van der Waals surface area contributed by atoms with Gasteiger partial charge in [0.05, 0.1) is 17.7 Å². The molecule has 0 heterocycles. The van der Waals surface area contributed by atoms with Gasteiger partial charge in [-0.25, -0.2) is 4.39 Å². The Kier molecular flexibility index (Phi) is 5.12. The third-order valence-electron chi connectivity index (χ3n) is 3.09. The minimum Gasteiger partial charge on any atom is -0.388 e. The van der Waals surface area contributed by atoms with Crippen LogP contribution in [0, 0.1) is 5.82 Å². The second-order valence-corrected chi connectivity index (χ2v) is 5.05. The van der Waals surface area contributed by atoms with Gasteiger partial charge in [-0.3, -0.25) is 0 Å². The van der Waals surface area contributed by atoms with Gasteiger partial charge in [-0.1, -0.05) is 41.9 Å². The molecule has 2 aromatic carbocycles. The molecule has 1 N–H and O–H groups in total. The fourth-order valence-electron chi connectivity index (χ4n) is 2.01. The van der Waals surface area contributed by atoms with Gasteiger partial charge >= 0.3 is 0 Å². The van der Waals surface area contributed by atoms with E-state index in [1.54, 1.807) is 13.2 Å². The van der Waals surface area contributed by atoms with Crippen molar-refractivity contribution in [2.45, 2.75) is 19.1 Å². The molecule has 0 aliphatic rings. The number of hydrogen-bond acceptors (Lipinski definition) is 2. The molecule has 106 valence electrons. The van der Waals surface area contributed by atoms with Crippen molar-refractivity contribution in [3.63, 3.8) is 0 Å². The van der Waals surface area contributed by atoms with Crippen LogP contribution in [0.5, 0.6) is 0 Å². The normalized spacial score (nSPS) is 12.4. The third kappa shape index (κ3) is 3.79. The number of rotatable bonds is 5. The number of halogens is 2. The first-order chi connectivity index (χ1) is 9.60. The SMILES string of the molecule is COCc1ccc(C(O)Cc2ccc(Cl)c(F)c2)cc1. The minimum absolute atomic E-state index is 0.0900. The lowest BCUT2D eigenvalue weighted by Gasteiger charge is -2.12. The van der Waals surface area contributed by atoms with Crippen molar-refractivity contribution >= 4 is 11.6 Å². The number of methoxy groups -OCH3 is 1. The van der Waals surface area contributed by atoms with Gasteiger partial charge in [0, 0.05) is 13.5 Å². The summed E-state index contributed by atoms with van der Waals surface area (Å²) in [7, 11) is 1.64. The van der Waals surface area contributed by atoms with E-state index in [1.807, 2.05) is 24.3 Å². The van der Waals surface area contributed by atoms with Crippen molar-refractivity contribution < 1.29 is 14.2 Å². The Bertz CT molecular complexity index is 569. The van der Waals surface area contributed by atoms with Crippen molar-refractivity contribution in [3.8, 4) is 0 Å². The van der Waals surface area contributed by atoms with Crippen LogP contribution in [0.1, 0.15) is 22.8 Å². The van der Waals surface area contributed by atoms with Gasteiger partial charge in [0.2, 0.25) is 0 Å². The standard InChI is InChI=1S/C16H16ClFO2/c1-20-10-11-2-5-13(6-3-11)16(19)9-12-4-7-14(17)15(18)8-12/h2-8,16,19H,9-10H2,1H3. The molecule has 1 unspecified atom stereocenters. The molecule has 0 spiro atoms. The molecule has 0 amide bonds. The molecule has 2 aromatic rings. The highest BCUT2D eigenvalue weighted by Gasteiger charge is 2.10. The van der Waals surface area contributed by atoms with Crippen molar-refractivity contribution in [2.75, 3.05) is 7.11 Å². The Morgan fingerprint density at radius 3 is 2.40 bits per heavy atom. The Hall–Kier alpha value is -1.42. The molecule has 0 saturated carbocycles. The summed E-state index contributed by atoms with van der Waals surface area (Å²) in [5.74, 6) is -0.466. The second-order valence-electron chi connectivity index (χ2n) is 4.64. The highest BCUT2D eigenvalue weighted by Crippen LogP contribution is 2.22. The van der Waals surface area contributed by atoms with E-state index in [4.69, 9.17) is 16.3 Å². The van der Waals surface area contributed by atoms with Gasteiger partial charge in [0.1, 0.15) is 5.82 Å². The average Bonchev–Trinajstić information content (AvgIpc) is 2.44. The molecule has 0 aromatic heterocycles. The van der Waals surface area contributed by atoms with E-state index in [-0.39, 0.29) is 5.02 Å². The maximum atomic E-state index is 13.3. The summed E-state index contributed by atoms with van der Waals surface area (Å²) in [4.78, 5) is 0. The lowest BCUT2D eigenvalue weighted by atomic mass is 10.0. The van der Waals surface area contributed by atoms with Crippen LogP contribution in [0.3, 0.4) is 0 Å². The summed E-state index contributed by atoms with van der Waals surface area (Å²) >= 11 is 5.63. The number of aliphatic hydroxyl groups excluding tert-OH is 1. The molecule has 0 radical (unpaired) electrons. The summed E-state index contributed by atoms with van der Waals surface area (Å²) in [6, 6.07) is 12.1. The Labute approximate surface area is 122 Å². The molecule has 0 aliphatic heterocycles. The Balaban J connectivity index is 2.06. The molecule has 1 atom stereocenters. The third-order valence-corrected chi connectivity index (χ3v) is 3.40. The second kappa shape index (κ2) is 6.84. The quantitative estimate of drug-likeness (QED) is 0.906. The van der Waals surface area contributed by atoms with Crippen LogP contribution < -0.4 is 0 Å². The molecular formula is C16H16ClFO2. The highest BCUT2D eigenvalue weighted by atomic mass is 35.5. The van der Waals surface area contributed by atoms with Gasteiger partial charge in [-0.15, -0.1) is 0 Å².